The predicted octanol–water partition coefficient (Wildman–Crippen LogP) is 3.90. The van der Waals surface area contributed by atoms with E-state index in [1.165, 1.54) is 0 Å². The minimum absolute atomic E-state index is 0.338. The number of allylic oxidation sites excluding steroid dienone is 2. The first kappa shape index (κ1) is 16.8. The molecule has 26 heavy (non-hydrogen) atoms. The van der Waals surface area contributed by atoms with Crippen molar-refractivity contribution in [2.45, 2.75) is 33.6 Å². The van der Waals surface area contributed by atoms with Gasteiger partial charge in [0.25, 0.3) is 0 Å². The van der Waals surface area contributed by atoms with E-state index < -0.39 is 0 Å². The number of aromatic amines is 1. The molecule has 4 rings (SSSR count). The molecule has 2 aromatic rings. The van der Waals surface area contributed by atoms with E-state index in [4.69, 9.17) is 14.5 Å². The van der Waals surface area contributed by atoms with Crippen molar-refractivity contribution in [3.63, 3.8) is 0 Å². The van der Waals surface area contributed by atoms with Gasteiger partial charge in [-0.05, 0) is 26.0 Å². The number of benzene rings is 1. The molecule has 6 heteroatoms. The smallest absolute Gasteiger partial charge is 0.160 e. The average Bonchev–Trinajstić information content (AvgIpc) is 3.25. The van der Waals surface area contributed by atoms with Crippen LogP contribution in [-0.2, 0) is 9.47 Å². The first-order chi connectivity index (χ1) is 12.4. The van der Waals surface area contributed by atoms with E-state index in [0.717, 1.165) is 50.9 Å². The molecular weight excluding hydrogens is 328 g/mol. The topological polar surface area (TPSA) is 53.6 Å². The number of hydrogen-bond acceptors (Lipinski definition) is 5. The second-order valence-corrected chi connectivity index (χ2v) is 7.45. The summed E-state index contributed by atoms with van der Waals surface area (Å²) in [4.78, 5) is 12.7. The summed E-state index contributed by atoms with van der Waals surface area (Å²) in [5.74, 6) is 3.22. The highest BCUT2D eigenvalue weighted by Gasteiger charge is 2.26. The largest absolute Gasteiger partial charge is 0.476 e. The minimum Gasteiger partial charge on any atom is -0.476 e. The number of aromatic nitrogens is 2. The molecule has 2 aliphatic rings. The molecule has 0 spiro atoms. The van der Waals surface area contributed by atoms with Crippen molar-refractivity contribution in [3.05, 3.63) is 40.6 Å². The van der Waals surface area contributed by atoms with Crippen LogP contribution in [0.15, 0.2) is 23.7 Å². The van der Waals surface area contributed by atoms with E-state index in [2.05, 4.69) is 54.9 Å². The highest BCUT2D eigenvalue weighted by atomic mass is 16.5. The Morgan fingerprint density at radius 3 is 2.15 bits per heavy atom. The Kier molecular flexibility index (Phi) is 3.86. The lowest BCUT2D eigenvalue weighted by Crippen LogP contribution is -2.15. The van der Waals surface area contributed by atoms with Gasteiger partial charge < -0.3 is 24.3 Å². The summed E-state index contributed by atoms with van der Waals surface area (Å²) in [5.41, 5.74) is 6.47. The van der Waals surface area contributed by atoms with Gasteiger partial charge in [-0.1, -0.05) is 13.8 Å². The maximum absolute atomic E-state index is 5.76. The molecule has 2 aliphatic heterocycles. The van der Waals surface area contributed by atoms with E-state index in [9.17, 15) is 0 Å². The highest BCUT2D eigenvalue weighted by molar-refractivity contribution is 5.92. The second kappa shape index (κ2) is 5.97. The van der Waals surface area contributed by atoms with Crippen LogP contribution in [0.1, 0.15) is 50.6 Å². The van der Waals surface area contributed by atoms with Crippen LogP contribution in [-0.4, -0.2) is 47.3 Å². The van der Waals surface area contributed by atoms with Crippen LogP contribution in [0.2, 0.25) is 0 Å². The van der Waals surface area contributed by atoms with Crippen molar-refractivity contribution in [3.8, 4) is 0 Å². The Morgan fingerprint density at radius 1 is 1.00 bits per heavy atom. The van der Waals surface area contributed by atoms with Gasteiger partial charge in [0.15, 0.2) is 13.5 Å². The number of imidazole rings is 1. The van der Waals surface area contributed by atoms with Crippen molar-refractivity contribution in [2.75, 3.05) is 27.6 Å². The first-order valence-corrected chi connectivity index (χ1v) is 9.00. The van der Waals surface area contributed by atoms with Crippen molar-refractivity contribution >= 4 is 22.4 Å². The lowest BCUT2D eigenvalue weighted by Gasteiger charge is -2.18. The third-order valence-corrected chi connectivity index (χ3v) is 5.06. The molecule has 0 fully saturated rings. The van der Waals surface area contributed by atoms with Gasteiger partial charge in [0, 0.05) is 31.1 Å². The maximum atomic E-state index is 5.76. The molecule has 3 heterocycles. The van der Waals surface area contributed by atoms with Crippen LogP contribution in [0.3, 0.4) is 0 Å². The molecule has 0 unspecified atom stereocenters. The lowest BCUT2D eigenvalue weighted by atomic mass is 10.0. The Morgan fingerprint density at radius 2 is 1.62 bits per heavy atom. The van der Waals surface area contributed by atoms with Crippen LogP contribution >= 0.6 is 0 Å². The number of nitrogens with one attached hydrogen (secondary N) is 1. The molecule has 0 aliphatic carbocycles. The molecule has 0 saturated carbocycles. The Balaban J connectivity index is 1.99. The third kappa shape index (κ3) is 2.52. The summed E-state index contributed by atoms with van der Waals surface area (Å²) in [6, 6.07) is 4.38. The first-order valence-electron chi connectivity index (χ1n) is 9.00. The van der Waals surface area contributed by atoms with Gasteiger partial charge in [-0.15, -0.1) is 0 Å². The summed E-state index contributed by atoms with van der Waals surface area (Å²) >= 11 is 0. The Bertz CT molecular complexity index is 939. The highest BCUT2D eigenvalue weighted by Crippen LogP contribution is 2.37. The zero-order valence-corrected chi connectivity index (χ0v) is 16.3. The van der Waals surface area contributed by atoms with Crippen LogP contribution < -0.4 is 0 Å². The van der Waals surface area contributed by atoms with Gasteiger partial charge in [-0.3, -0.25) is 0 Å². The molecule has 138 valence electrons. The van der Waals surface area contributed by atoms with E-state index in [-0.39, 0.29) is 0 Å². The van der Waals surface area contributed by atoms with Gasteiger partial charge in [0.1, 0.15) is 17.3 Å². The zero-order valence-electron chi connectivity index (χ0n) is 16.3. The van der Waals surface area contributed by atoms with Crippen molar-refractivity contribution < 1.29 is 9.47 Å². The standard InChI is InChI=1S/C20H26N4O2/c1-11(2)20-21-16-8-14(18-12(3)25-9-23(18)5)7-15(17(16)22-20)19-13(4)26-10-24(19)6/h7-8,11H,9-10H2,1-6H3,(H,21,22). The number of nitrogens with zero attached hydrogens (tertiary/aromatic N) is 3. The molecule has 0 bridgehead atoms. The molecule has 1 N–H and O–H groups in total. The van der Waals surface area contributed by atoms with Gasteiger partial charge in [0.2, 0.25) is 0 Å². The number of hydrogen-bond donors (Lipinski definition) is 1. The molecule has 1 aromatic carbocycles. The fourth-order valence-electron chi connectivity index (χ4n) is 3.74. The molecular formula is C20H26N4O2. The van der Waals surface area contributed by atoms with Crippen LogP contribution in [0.4, 0.5) is 0 Å². The molecule has 0 amide bonds. The second-order valence-electron chi connectivity index (χ2n) is 7.45. The summed E-state index contributed by atoms with van der Waals surface area (Å²) < 4.78 is 11.5. The van der Waals surface area contributed by atoms with E-state index in [0.29, 0.717) is 19.4 Å². The van der Waals surface area contributed by atoms with Gasteiger partial charge in [-0.25, -0.2) is 4.98 Å². The van der Waals surface area contributed by atoms with Crippen LogP contribution in [0, 0.1) is 0 Å². The van der Waals surface area contributed by atoms with E-state index in [1.54, 1.807) is 0 Å². The monoisotopic (exact) mass is 354 g/mol. The summed E-state index contributed by atoms with van der Waals surface area (Å²) in [6.07, 6.45) is 0. The summed E-state index contributed by atoms with van der Waals surface area (Å²) in [7, 11) is 4.10. The third-order valence-electron chi connectivity index (χ3n) is 5.06. The normalized spacial score (nSPS) is 17.8. The van der Waals surface area contributed by atoms with Gasteiger partial charge >= 0.3 is 0 Å². The number of rotatable bonds is 3. The quantitative estimate of drug-likeness (QED) is 0.906. The molecule has 0 saturated heterocycles. The lowest BCUT2D eigenvalue weighted by molar-refractivity contribution is 0.172. The SMILES string of the molecule is CC1=C(c2cc(C3=C(C)OCN3C)c3nc(C(C)C)[nH]c3c2)N(C)CO1. The predicted molar refractivity (Wildman–Crippen MR) is 103 cm³/mol. The molecule has 1 aromatic heterocycles. The average molecular weight is 354 g/mol. The van der Waals surface area contributed by atoms with Crippen LogP contribution in [0.25, 0.3) is 22.4 Å². The fraction of sp³-hybridized carbons (Fsp3) is 0.450. The number of H-pyrrole nitrogens is 1. The summed E-state index contributed by atoms with van der Waals surface area (Å²) in [5, 5.41) is 0. The van der Waals surface area contributed by atoms with Crippen molar-refractivity contribution in [2.24, 2.45) is 0 Å². The zero-order chi connectivity index (χ0) is 18.6. The van der Waals surface area contributed by atoms with E-state index in [1.807, 2.05) is 13.8 Å². The van der Waals surface area contributed by atoms with Gasteiger partial charge in [-0.2, -0.15) is 0 Å². The molecule has 0 radical (unpaired) electrons. The number of ether oxygens (including phenoxy) is 2. The Hall–Kier alpha value is -2.63. The Labute approximate surface area is 154 Å². The number of fused-ring (bicyclic) bond motifs is 1. The van der Waals surface area contributed by atoms with Crippen molar-refractivity contribution in [1.82, 2.24) is 19.8 Å². The fourth-order valence-corrected chi connectivity index (χ4v) is 3.74. The van der Waals surface area contributed by atoms with Crippen molar-refractivity contribution in [1.29, 1.82) is 0 Å². The maximum Gasteiger partial charge on any atom is 0.160 e. The van der Waals surface area contributed by atoms with E-state index >= 15 is 0 Å². The molecule has 0 atom stereocenters. The van der Waals surface area contributed by atoms with Crippen LogP contribution in [0.5, 0.6) is 0 Å². The van der Waals surface area contributed by atoms with Gasteiger partial charge in [0.05, 0.1) is 22.4 Å². The molecule has 6 nitrogen and oxygen atoms in total. The minimum atomic E-state index is 0.338. The summed E-state index contributed by atoms with van der Waals surface area (Å²) in [6.45, 7) is 9.49.